The van der Waals surface area contributed by atoms with Crippen molar-refractivity contribution < 1.29 is 24.0 Å². The molecular weight excluding hydrogens is 381 g/mol. The third kappa shape index (κ3) is 4.10. The Morgan fingerprint density at radius 3 is 2.96 bits per heavy atom. The second kappa shape index (κ2) is 8.54. The molecule has 5 unspecified atom stereocenters. The van der Waals surface area contributed by atoms with Crippen molar-refractivity contribution in [1.82, 2.24) is 24.6 Å². The highest BCUT2D eigenvalue weighted by atomic mass is 31.2. The number of nitrogens with one attached hydrogen (secondary N) is 2. The summed E-state index contributed by atoms with van der Waals surface area (Å²) in [4.78, 5) is 22.2. The fourth-order valence-electron chi connectivity index (χ4n) is 2.69. The summed E-state index contributed by atoms with van der Waals surface area (Å²) in [6, 6.07) is 0. The largest absolute Gasteiger partial charge is 0.387 e. The van der Waals surface area contributed by atoms with Gasteiger partial charge in [0.1, 0.15) is 18.3 Å². The lowest BCUT2D eigenvalue weighted by atomic mass is 10.1. The molecule has 13 nitrogen and oxygen atoms in total. The van der Waals surface area contributed by atoms with Crippen LogP contribution in [0.3, 0.4) is 0 Å². The summed E-state index contributed by atoms with van der Waals surface area (Å²) in [5.74, 6) is -0.0983. The van der Waals surface area contributed by atoms with Crippen LogP contribution >= 0.6 is 8.53 Å². The molecule has 0 aliphatic carbocycles. The number of nitrogens with zero attached hydrogens (tertiary/aromatic N) is 3. The topological polar surface area (TPSA) is 196 Å². The Balaban J connectivity index is 1.74. The Hall–Kier alpha value is -1.70. The van der Waals surface area contributed by atoms with Crippen molar-refractivity contribution in [3.8, 4) is 0 Å². The quantitative estimate of drug-likeness (QED) is 0.261. The zero-order chi connectivity index (χ0) is 19.6. The van der Waals surface area contributed by atoms with E-state index >= 15 is 0 Å². The van der Waals surface area contributed by atoms with Crippen LogP contribution in [0.4, 0.5) is 5.95 Å². The lowest BCUT2D eigenvalue weighted by Crippen LogP contribution is -2.34. The fraction of sp³-hybridized carbons (Fsp3) is 0.615. The predicted molar refractivity (Wildman–Crippen MR) is 95.4 cm³/mol. The van der Waals surface area contributed by atoms with Crippen LogP contribution in [0.2, 0.25) is 0 Å². The third-order valence-electron chi connectivity index (χ3n) is 3.97. The fourth-order valence-corrected chi connectivity index (χ4v) is 3.61. The number of hydrogen-bond donors (Lipinski definition) is 6. The molecule has 2 aromatic heterocycles. The molecular formula is C13H22N7O6P. The van der Waals surface area contributed by atoms with E-state index < -0.39 is 38.6 Å². The number of aliphatic hydroxyl groups is 2. The Morgan fingerprint density at radius 1 is 1.48 bits per heavy atom. The molecule has 0 saturated carbocycles. The Kier molecular flexibility index (Phi) is 6.34. The van der Waals surface area contributed by atoms with Crippen LogP contribution in [0, 0.1) is 0 Å². The molecule has 14 heteroatoms. The lowest BCUT2D eigenvalue weighted by Gasteiger charge is -2.19. The number of rotatable bonds is 8. The summed E-state index contributed by atoms with van der Waals surface area (Å²) in [7, 11) is 0.0700. The summed E-state index contributed by atoms with van der Waals surface area (Å²) in [6.45, 7) is 0.883. The van der Waals surface area contributed by atoms with Crippen molar-refractivity contribution in [1.29, 1.82) is 0 Å². The number of nitrogen functional groups attached to an aromatic ring is 1. The van der Waals surface area contributed by atoms with Gasteiger partial charge in [0.05, 0.1) is 12.9 Å². The van der Waals surface area contributed by atoms with Crippen LogP contribution in [0.25, 0.3) is 11.2 Å². The van der Waals surface area contributed by atoms with Crippen LogP contribution in [-0.2, 0) is 13.8 Å². The van der Waals surface area contributed by atoms with Gasteiger partial charge in [-0.3, -0.25) is 14.3 Å². The van der Waals surface area contributed by atoms with E-state index in [-0.39, 0.29) is 23.7 Å². The van der Waals surface area contributed by atoms with Crippen molar-refractivity contribution >= 4 is 25.6 Å². The highest BCUT2D eigenvalue weighted by Gasteiger charge is 2.44. The van der Waals surface area contributed by atoms with Gasteiger partial charge in [-0.2, -0.15) is 4.98 Å². The molecule has 3 rings (SSSR count). The third-order valence-corrected chi connectivity index (χ3v) is 5.17. The van der Waals surface area contributed by atoms with E-state index in [0.29, 0.717) is 13.1 Å². The van der Waals surface area contributed by atoms with E-state index in [1.807, 2.05) is 0 Å². The van der Waals surface area contributed by atoms with Gasteiger partial charge in [0.25, 0.3) is 14.1 Å². The highest BCUT2D eigenvalue weighted by molar-refractivity contribution is 7.44. The number of hydrogen-bond acceptors (Lipinski definition) is 11. The van der Waals surface area contributed by atoms with Crippen molar-refractivity contribution in [3.63, 3.8) is 0 Å². The molecule has 2 aromatic rings. The number of aromatic amines is 1. The first-order chi connectivity index (χ1) is 13.0. The maximum absolute atomic E-state index is 11.9. The summed E-state index contributed by atoms with van der Waals surface area (Å²) in [5.41, 5.74) is 10.7. The van der Waals surface area contributed by atoms with Crippen molar-refractivity contribution in [3.05, 3.63) is 16.7 Å². The van der Waals surface area contributed by atoms with Gasteiger partial charge >= 0.3 is 0 Å². The van der Waals surface area contributed by atoms with Gasteiger partial charge in [-0.25, -0.2) is 10.1 Å². The van der Waals surface area contributed by atoms with Crippen LogP contribution < -0.4 is 22.1 Å². The molecule has 1 fully saturated rings. The number of nitrogens with two attached hydrogens (primary N) is 2. The van der Waals surface area contributed by atoms with E-state index in [9.17, 15) is 15.0 Å². The lowest BCUT2D eigenvalue weighted by molar-refractivity contribution is -0.0476. The number of aromatic nitrogens is 4. The number of H-pyrrole nitrogens is 1. The zero-order valence-electron chi connectivity index (χ0n) is 14.5. The molecule has 0 radical (unpaired) electrons. The Labute approximate surface area is 154 Å². The van der Waals surface area contributed by atoms with E-state index in [2.05, 4.69) is 20.0 Å². The van der Waals surface area contributed by atoms with Crippen LogP contribution in [0.15, 0.2) is 11.1 Å². The first-order valence-electron chi connectivity index (χ1n) is 8.11. The minimum atomic E-state index is -1.41. The van der Waals surface area contributed by atoms with E-state index in [1.165, 1.54) is 18.0 Å². The molecule has 27 heavy (non-hydrogen) atoms. The number of ether oxygens (including phenoxy) is 1. The van der Waals surface area contributed by atoms with E-state index in [0.717, 1.165) is 0 Å². The molecule has 1 saturated heterocycles. The van der Waals surface area contributed by atoms with Gasteiger partial charge in [-0.05, 0) is 0 Å². The second-order valence-electron chi connectivity index (χ2n) is 5.75. The molecule has 0 bridgehead atoms. The van der Waals surface area contributed by atoms with Crippen molar-refractivity contribution in [2.75, 3.05) is 32.5 Å². The molecule has 0 aromatic carbocycles. The van der Waals surface area contributed by atoms with Gasteiger partial charge < -0.3 is 35.5 Å². The molecule has 8 N–H and O–H groups in total. The Bertz CT molecular complexity index is 831. The number of anilines is 1. The van der Waals surface area contributed by atoms with Crippen molar-refractivity contribution in [2.24, 2.45) is 5.73 Å². The van der Waals surface area contributed by atoms with Crippen LogP contribution in [0.1, 0.15) is 6.23 Å². The van der Waals surface area contributed by atoms with Gasteiger partial charge in [-0.1, -0.05) is 0 Å². The molecule has 1 aliphatic heterocycles. The summed E-state index contributed by atoms with van der Waals surface area (Å²) in [5, 5.41) is 23.6. The number of imidazole rings is 1. The molecule has 1 aliphatic rings. The van der Waals surface area contributed by atoms with Gasteiger partial charge in [0.15, 0.2) is 17.4 Å². The van der Waals surface area contributed by atoms with Gasteiger partial charge in [0.2, 0.25) is 5.95 Å². The SMILES string of the molecule is COP(NCCN)OCC1OC(n2cnc3c(=O)[nH]c(N)nc32)C(O)C1O. The number of aliphatic hydroxyl groups excluding tert-OH is 2. The van der Waals surface area contributed by atoms with Gasteiger partial charge in [-0.15, -0.1) is 0 Å². The monoisotopic (exact) mass is 403 g/mol. The van der Waals surface area contributed by atoms with E-state index in [4.69, 9.17) is 25.3 Å². The Morgan fingerprint density at radius 2 is 2.26 bits per heavy atom. The average Bonchev–Trinajstić information content (AvgIpc) is 3.18. The summed E-state index contributed by atoms with van der Waals surface area (Å²) < 4.78 is 17.8. The number of fused-ring (bicyclic) bond motifs is 1. The molecule has 150 valence electrons. The standard InChI is InChI=1S/C13H22N7O6P/c1-24-27(17-3-2-14)25-4-6-8(21)9(22)12(26-6)20-5-16-7-10(20)18-13(15)19-11(7)23/h5-6,8-9,12,17,21-22H,2-4,14H2,1H3,(H3,15,18,19,23). The first kappa shape index (κ1) is 20.0. The molecule has 0 spiro atoms. The second-order valence-corrected chi connectivity index (χ2v) is 7.21. The summed E-state index contributed by atoms with van der Waals surface area (Å²) in [6.07, 6.45) is -3.07. The summed E-state index contributed by atoms with van der Waals surface area (Å²) >= 11 is 0. The smallest absolute Gasteiger partial charge is 0.280 e. The average molecular weight is 403 g/mol. The maximum Gasteiger partial charge on any atom is 0.280 e. The normalized spacial score (nSPS) is 26.7. The van der Waals surface area contributed by atoms with E-state index in [1.54, 1.807) is 0 Å². The maximum atomic E-state index is 11.9. The predicted octanol–water partition coefficient (Wildman–Crippen LogP) is -2.24. The zero-order valence-corrected chi connectivity index (χ0v) is 15.4. The molecule has 3 heterocycles. The molecule has 5 atom stereocenters. The molecule has 0 amide bonds. The van der Waals surface area contributed by atoms with Crippen LogP contribution in [-0.4, -0.2) is 74.9 Å². The minimum absolute atomic E-state index is 0.0331. The first-order valence-corrected chi connectivity index (χ1v) is 9.28. The van der Waals surface area contributed by atoms with Crippen LogP contribution in [0.5, 0.6) is 0 Å². The van der Waals surface area contributed by atoms with Gasteiger partial charge in [0, 0.05) is 20.2 Å². The minimum Gasteiger partial charge on any atom is -0.387 e. The van der Waals surface area contributed by atoms with Crippen molar-refractivity contribution in [2.45, 2.75) is 24.5 Å². The highest BCUT2D eigenvalue weighted by Crippen LogP contribution is 2.36.